The van der Waals surface area contributed by atoms with Gasteiger partial charge >= 0.3 is 0 Å². The van der Waals surface area contributed by atoms with Gasteiger partial charge in [-0.25, -0.2) is 4.98 Å². The number of thiophene rings is 1. The fourth-order valence-corrected chi connectivity index (χ4v) is 6.71. The number of fused-ring (bicyclic) bond motifs is 3. The number of hydrogen-bond acceptors (Lipinski definition) is 5. The molecule has 3 heterocycles. The third-order valence-corrected chi connectivity index (χ3v) is 8.11. The number of aromatic nitrogens is 3. The summed E-state index contributed by atoms with van der Waals surface area (Å²) in [5.74, 6) is 0.611. The summed E-state index contributed by atoms with van der Waals surface area (Å²) in [6.45, 7) is 1.86. The fourth-order valence-electron chi connectivity index (χ4n) is 4.52. The van der Waals surface area contributed by atoms with Gasteiger partial charge in [0.15, 0.2) is 0 Å². The standard InChI is InChI=1S/C26H22N4OS2/c1-17-27-24-23(20-14-8-9-15-22(20)33-24)25(31)30(17)28-26-29(19-12-6-3-7-13-19)21(16-32-26)18-10-4-2-5-11-18/h2-7,10-13,16H,8-9,14-15H2,1H3/b28-26-. The molecule has 0 unspecified atom stereocenters. The Morgan fingerprint density at radius 1 is 0.970 bits per heavy atom. The van der Waals surface area contributed by atoms with Gasteiger partial charge in [-0.3, -0.25) is 9.36 Å². The lowest BCUT2D eigenvalue weighted by molar-refractivity contribution is 0.696. The second-order valence-corrected chi connectivity index (χ2v) is 10.1. The molecule has 0 atom stereocenters. The first-order valence-corrected chi connectivity index (χ1v) is 12.8. The SMILES string of the molecule is Cc1nc2sc3c(c2c(=O)n1/N=c1\scc(-c2ccccc2)n1-c1ccccc1)CCCC3. The Balaban J connectivity index is 1.62. The maximum Gasteiger partial charge on any atom is 0.283 e. The molecule has 0 bridgehead atoms. The van der Waals surface area contributed by atoms with Gasteiger partial charge in [0.2, 0.25) is 4.80 Å². The van der Waals surface area contributed by atoms with Crippen LogP contribution in [0.15, 0.2) is 75.9 Å². The minimum Gasteiger partial charge on any atom is -0.284 e. The van der Waals surface area contributed by atoms with Crippen molar-refractivity contribution in [3.63, 3.8) is 0 Å². The van der Waals surface area contributed by atoms with Crippen molar-refractivity contribution >= 4 is 32.9 Å². The lowest BCUT2D eigenvalue weighted by Crippen LogP contribution is -2.25. The van der Waals surface area contributed by atoms with Gasteiger partial charge in [0.05, 0.1) is 11.1 Å². The highest BCUT2D eigenvalue weighted by Crippen LogP contribution is 2.33. The lowest BCUT2D eigenvalue weighted by Gasteiger charge is -2.11. The lowest BCUT2D eigenvalue weighted by atomic mass is 9.97. The van der Waals surface area contributed by atoms with E-state index >= 15 is 0 Å². The minimum absolute atomic E-state index is 0.0637. The molecular weight excluding hydrogens is 448 g/mol. The van der Waals surface area contributed by atoms with Crippen LogP contribution in [0.5, 0.6) is 0 Å². The predicted octanol–water partition coefficient (Wildman–Crippen LogP) is 5.53. The predicted molar refractivity (Wildman–Crippen MR) is 135 cm³/mol. The van der Waals surface area contributed by atoms with Crippen molar-refractivity contribution in [2.75, 3.05) is 0 Å². The Bertz CT molecular complexity index is 1590. The van der Waals surface area contributed by atoms with E-state index in [1.54, 1.807) is 11.3 Å². The third-order valence-electron chi connectivity index (χ3n) is 6.11. The third kappa shape index (κ3) is 3.48. The van der Waals surface area contributed by atoms with Crippen LogP contribution in [0.1, 0.15) is 29.1 Å². The molecule has 164 valence electrons. The van der Waals surface area contributed by atoms with E-state index < -0.39 is 0 Å². The van der Waals surface area contributed by atoms with Gasteiger partial charge in [-0.05, 0) is 55.9 Å². The van der Waals surface area contributed by atoms with Crippen LogP contribution in [0.25, 0.3) is 27.2 Å². The molecule has 2 aromatic carbocycles. The van der Waals surface area contributed by atoms with Crippen molar-refractivity contribution in [2.24, 2.45) is 5.10 Å². The average molecular weight is 471 g/mol. The zero-order valence-electron chi connectivity index (χ0n) is 18.2. The van der Waals surface area contributed by atoms with Gasteiger partial charge in [-0.1, -0.05) is 48.5 Å². The summed E-state index contributed by atoms with van der Waals surface area (Å²) < 4.78 is 3.60. The molecule has 1 aliphatic carbocycles. The summed E-state index contributed by atoms with van der Waals surface area (Å²) in [6, 6.07) is 20.4. The molecule has 0 amide bonds. The summed E-state index contributed by atoms with van der Waals surface area (Å²) in [7, 11) is 0. The van der Waals surface area contributed by atoms with E-state index in [1.807, 2.05) is 43.3 Å². The van der Waals surface area contributed by atoms with Crippen molar-refractivity contribution in [2.45, 2.75) is 32.6 Å². The maximum atomic E-state index is 13.6. The van der Waals surface area contributed by atoms with Crippen LogP contribution < -0.4 is 10.4 Å². The zero-order valence-corrected chi connectivity index (χ0v) is 19.8. The van der Waals surface area contributed by atoms with Crippen molar-refractivity contribution in [3.05, 3.63) is 97.5 Å². The molecule has 33 heavy (non-hydrogen) atoms. The zero-order chi connectivity index (χ0) is 22.4. The molecular formula is C26H22N4OS2. The van der Waals surface area contributed by atoms with E-state index in [-0.39, 0.29) is 5.56 Å². The van der Waals surface area contributed by atoms with E-state index in [2.05, 4.69) is 34.2 Å². The molecule has 0 N–H and O–H groups in total. The average Bonchev–Trinajstić information content (AvgIpc) is 3.44. The Morgan fingerprint density at radius 2 is 1.70 bits per heavy atom. The highest BCUT2D eigenvalue weighted by atomic mass is 32.1. The first kappa shape index (κ1) is 20.3. The van der Waals surface area contributed by atoms with Crippen LogP contribution in [0.4, 0.5) is 0 Å². The Labute approximate surface area is 198 Å². The van der Waals surface area contributed by atoms with E-state index in [9.17, 15) is 4.79 Å². The van der Waals surface area contributed by atoms with Gasteiger partial charge in [0.1, 0.15) is 10.7 Å². The van der Waals surface area contributed by atoms with Crippen LogP contribution in [0.2, 0.25) is 0 Å². The molecule has 0 saturated carbocycles. The Morgan fingerprint density at radius 3 is 2.48 bits per heavy atom. The highest BCUT2D eigenvalue weighted by Gasteiger charge is 2.21. The molecule has 1 aliphatic rings. The molecule has 7 heteroatoms. The van der Waals surface area contributed by atoms with Crippen molar-refractivity contribution in [1.29, 1.82) is 0 Å². The molecule has 0 saturated heterocycles. The van der Waals surface area contributed by atoms with Gasteiger partial charge < -0.3 is 0 Å². The molecule has 3 aromatic heterocycles. The summed E-state index contributed by atoms with van der Waals surface area (Å²) >= 11 is 3.20. The van der Waals surface area contributed by atoms with Gasteiger partial charge in [-0.2, -0.15) is 4.68 Å². The molecule has 0 aliphatic heterocycles. The number of thiazole rings is 1. The first-order valence-electron chi connectivity index (χ1n) is 11.1. The van der Waals surface area contributed by atoms with Crippen LogP contribution in [0, 0.1) is 6.92 Å². The van der Waals surface area contributed by atoms with E-state index in [0.717, 1.165) is 51.2 Å². The van der Waals surface area contributed by atoms with Gasteiger partial charge in [0, 0.05) is 15.9 Å². The summed E-state index contributed by atoms with van der Waals surface area (Å²) in [6.07, 6.45) is 4.32. The molecule has 0 fully saturated rings. The summed E-state index contributed by atoms with van der Waals surface area (Å²) in [4.78, 5) is 21.3. The summed E-state index contributed by atoms with van der Waals surface area (Å²) in [5, 5.41) is 7.73. The van der Waals surface area contributed by atoms with Crippen LogP contribution in [-0.2, 0) is 12.8 Å². The number of aryl methyl sites for hydroxylation is 3. The van der Waals surface area contributed by atoms with Crippen LogP contribution >= 0.6 is 22.7 Å². The normalized spacial score (nSPS) is 14.0. The van der Waals surface area contributed by atoms with Crippen LogP contribution in [0.3, 0.4) is 0 Å². The monoisotopic (exact) mass is 470 g/mol. The second kappa shape index (κ2) is 8.24. The second-order valence-electron chi connectivity index (χ2n) is 8.21. The Kier molecular flexibility index (Phi) is 5.08. The smallest absolute Gasteiger partial charge is 0.283 e. The molecule has 5 aromatic rings. The number of hydrogen-bond donors (Lipinski definition) is 0. The molecule has 5 nitrogen and oxygen atoms in total. The maximum absolute atomic E-state index is 13.6. The fraction of sp³-hybridized carbons (Fsp3) is 0.192. The van der Waals surface area contributed by atoms with Gasteiger partial charge in [-0.15, -0.1) is 27.8 Å². The minimum atomic E-state index is -0.0637. The molecule has 0 spiro atoms. The molecule has 0 radical (unpaired) electrons. The number of para-hydroxylation sites is 1. The van der Waals surface area contributed by atoms with E-state index in [4.69, 9.17) is 10.1 Å². The molecule has 6 rings (SSSR count). The van der Waals surface area contributed by atoms with Gasteiger partial charge in [0.25, 0.3) is 5.56 Å². The van der Waals surface area contributed by atoms with Crippen molar-refractivity contribution < 1.29 is 0 Å². The van der Waals surface area contributed by atoms with Crippen molar-refractivity contribution in [1.82, 2.24) is 14.2 Å². The van der Waals surface area contributed by atoms with E-state index in [1.165, 1.54) is 32.9 Å². The number of benzene rings is 2. The van der Waals surface area contributed by atoms with Crippen molar-refractivity contribution in [3.8, 4) is 16.9 Å². The largest absolute Gasteiger partial charge is 0.284 e. The van der Waals surface area contributed by atoms with E-state index in [0.29, 0.717) is 5.82 Å². The Hall–Kier alpha value is -3.29. The summed E-state index contributed by atoms with van der Waals surface area (Å²) in [5.41, 5.74) is 4.27. The quantitative estimate of drug-likeness (QED) is 0.348. The van der Waals surface area contributed by atoms with Crippen LogP contribution in [-0.4, -0.2) is 14.2 Å². The topological polar surface area (TPSA) is 52.2 Å². The number of nitrogens with zero attached hydrogens (tertiary/aromatic N) is 4. The first-order chi connectivity index (χ1) is 16.2. The highest BCUT2D eigenvalue weighted by molar-refractivity contribution is 7.18. The number of rotatable bonds is 3.